The molecular formula is C20H21N3S. The molecule has 0 fully saturated rings. The minimum Gasteiger partial charge on any atom is -0.397 e. The van der Waals surface area contributed by atoms with Gasteiger partial charge in [-0.3, -0.25) is 0 Å². The largest absolute Gasteiger partial charge is 0.397 e. The lowest BCUT2D eigenvalue weighted by Crippen LogP contribution is -2.22. The molecule has 2 aliphatic rings. The first-order valence-electron chi connectivity index (χ1n) is 8.55. The lowest BCUT2D eigenvalue weighted by molar-refractivity contribution is 0.613. The lowest BCUT2D eigenvalue weighted by atomic mass is 9.72. The van der Waals surface area contributed by atoms with E-state index in [4.69, 9.17) is 5.73 Å². The molecule has 2 aliphatic carbocycles. The van der Waals surface area contributed by atoms with E-state index in [0.29, 0.717) is 16.8 Å². The van der Waals surface area contributed by atoms with Gasteiger partial charge in [-0.1, -0.05) is 19.4 Å². The van der Waals surface area contributed by atoms with Crippen LogP contribution in [0.3, 0.4) is 0 Å². The van der Waals surface area contributed by atoms with Crippen LogP contribution in [0.1, 0.15) is 48.8 Å². The summed E-state index contributed by atoms with van der Waals surface area (Å²) in [6, 6.07) is 8.80. The number of unbranched alkanes of at least 4 members (excludes halogenated alkanes) is 1. The van der Waals surface area contributed by atoms with Gasteiger partial charge >= 0.3 is 0 Å². The van der Waals surface area contributed by atoms with Crippen LogP contribution in [0.25, 0.3) is 5.57 Å². The van der Waals surface area contributed by atoms with Gasteiger partial charge in [0.25, 0.3) is 0 Å². The number of nitriles is 2. The maximum absolute atomic E-state index is 9.70. The molecule has 0 bridgehead atoms. The van der Waals surface area contributed by atoms with Crippen molar-refractivity contribution in [2.75, 3.05) is 0 Å². The second kappa shape index (κ2) is 7.07. The molecule has 0 saturated carbocycles. The highest BCUT2D eigenvalue weighted by Crippen LogP contribution is 2.47. The Morgan fingerprint density at radius 1 is 1.25 bits per heavy atom. The normalized spacial score (nSPS) is 20.3. The van der Waals surface area contributed by atoms with Crippen molar-refractivity contribution in [3.63, 3.8) is 0 Å². The molecule has 0 aliphatic heterocycles. The minimum absolute atomic E-state index is 0.132. The van der Waals surface area contributed by atoms with Crippen LogP contribution in [0.2, 0.25) is 0 Å². The van der Waals surface area contributed by atoms with E-state index in [-0.39, 0.29) is 5.92 Å². The minimum atomic E-state index is 0.132. The first-order valence-corrected chi connectivity index (χ1v) is 9.36. The maximum atomic E-state index is 9.70. The van der Waals surface area contributed by atoms with Crippen molar-refractivity contribution in [2.24, 2.45) is 11.7 Å². The first-order chi connectivity index (χ1) is 11.7. The SMILES string of the molecule is CCCCc1ccc(C2=C(C#N)C(N)=C(C#N)C3=CCCC[C@@H]32)s1. The molecular weight excluding hydrogens is 314 g/mol. The topological polar surface area (TPSA) is 73.6 Å². The smallest absolute Gasteiger partial charge is 0.102 e. The molecule has 0 spiro atoms. The zero-order valence-electron chi connectivity index (χ0n) is 13.9. The van der Waals surface area contributed by atoms with Gasteiger partial charge in [-0.2, -0.15) is 10.5 Å². The summed E-state index contributed by atoms with van der Waals surface area (Å²) in [6.07, 6.45) is 8.62. The standard InChI is InChI=1S/C20H21N3S/c1-2-3-6-13-9-10-18(24-13)19-15-8-5-4-7-14(15)16(11-21)20(23)17(19)12-22/h7,9-10,15H,2-6,8,23H2,1H3/t15-/m0/s1. The zero-order valence-corrected chi connectivity index (χ0v) is 14.7. The molecule has 4 heteroatoms. The van der Waals surface area contributed by atoms with Crippen LogP contribution in [0.5, 0.6) is 0 Å². The lowest BCUT2D eigenvalue weighted by Gasteiger charge is -2.31. The summed E-state index contributed by atoms with van der Waals surface area (Å²) in [6.45, 7) is 2.19. The molecule has 24 heavy (non-hydrogen) atoms. The third-order valence-corrected chi connectivity index (χ3v) is 5.99. The Bertz CT molecular complexity index is 824. The number of hydrogen-bond donors (Lipinski definition) is 1. The second-order valence-corrected chi connectivity index (χ2v) is 7.48. The Morgan fingerprint density at radius 3 is 2.75 bits per heavy atom. The van der Waals surface area contributed by atoms with Crippen LogP contribution >= 0.6 is 11.3 Å². The number of nitrogens with zero attached hydrogens (tertiary/aromatic N) is 2. The summed E-state index contributed by atoms with van der Waals surface area (Å²) < 4.78 is 0. The molecule has 3 rings (SSSR count). The van der Waals surface area contributed by atoms with Gasteiger partial charge in [0, 0.05) is 15.7 Å². The van der Waals surface area contributed by atoms with Gasteiger partial charge in [-0.25, -0.2) is 0 Å². The number of aryl methyl sites for hydroxylation is 1. The fourth-order valence-corrected chi connectivity index (χ4v) is 4.76. The Kier molecular flexibility index (Phi) is 4.88. The molecule has 0 aromatic carbocycles. The van der Waals surface area contributed by atoms with Crippen LogP contribution in [0.4, 0.5) is 0 Å². The summed E-state index contributed by atoms with van der Waals surface area (Å²) in [7, 11) is 0. The molecule has 0 saturated heterocycles. The number of allylic oxidation sites excluding steroid dienone is 5. The summed E-state index contributed by atoms with van der Waals surface area (Å²) in [4.78, 5) is 2.49. The highest BCUT2D eigenvalue weighted by Gasteiger charge is 2.34. The fraction of sp³-hybridized carbons (Fsp3) is 0.400. The Balaban J connectivity index is 2.12. The molecule has 2 N–H and O–H groups in total. The van der Waals surface area contributed by atoms with Gasteiger partial charge < -0.3 is 5.73 Å². The summed E-state index contributed by atoms with van der Waals surface area (Å²) in [5.41, 5.74) is 9.62. The molecule has 1 heterocycles. The van der Waals surface area contributed by atoms with E-state index in [1.54, 1.807) is 11.3 Å². The van der Waals surface area contributed by atoms with E-state index >= 15 is 0 Å². The van der Waals surface area contributed by atoms with Crippen LogP contribution in [-0.2, 0) is 6.42 Å². The van der Waals surface area contributed by atoms with Crippen molar-refractivity contribution in [3.8, 4) is 12.1 Å². The molecule has 1 aromatic heterocycles. The zero-order chi connectivity index (χ0) is 17.1. The number of fused-ring (bicyclic) bond motifs is 1. The van der Waals surface area contributed by atoms with Gasteiger partial charge in [-0.05, 0) is 55.4 Å². The highest BCUT2D eigenvalue weighted by atomic mass is 32.1. The molecule has 122 valence electrons. The number of thiophene rings is 1. The molecule has 1 aromatic rings. The fourth-order valence-electron chi connectivity index (χ4n) is 3.60. The second-order valence-electron chi connectivity index (χ2n) is 6.31. The average Bonchev–Trinajstić information content (AvgIpc) is 3.07. The van der Waals surface area contributed by atoms with Crippen LogP contribution in [0.15, 0.2) is 40.6 Å². The number of hydrogen-bond acceptors (Lipinski definition) is 4. The summed E-state index contributed by atoms with van der Waals surface area (Å²) >= 11 is 1.77. The van der Waals surface area contributed by atoms with Crippen molar-refractivity contribution in [2.45, 2.75) is 45.4 Å². The van der Waals surface area contributed by atoms with Crippen molar-refractivity contribution in [3.05, 3.63) is 50.4 Å². The van der Waals surface area contributed by atoms with Gasteiger partial charge in [0.1, 0.15) is 12.1 Å². The van der Waals surface area contributed by atoms with Crippen molar-refractivity contribution in [1.29, 1.82) is 10.5 Å². The van der Waals surface area contributed by atoms with E-state index in [2.05, 4.69) is 37.3 Å². The predicted molar refractivity (Wildman–Crippen MR) is 97.7 cm³/mol. The van der Waals surface area contributed by atoms with E-state index in [9.17, 15) is 10.5 Å². The van der Waals surface area contributed by atoms with Crippen LogP contribution in [0, 0.1) is 28.6 Å². The molecule has 0 unspecified atom stereocenters. The number of nitrogens with two attached hydrogens (primary N) is 1. The quantitative estimate of drug-likeness (QED) is 0.855. The third-order valence-electron chi connectivity index (χ3n) is 4.81. The average molecular weight is 335 g/mol. The van der Waals surface area contributed by atoms with E-state index in [1.807, 2.05) is 0 Å². The Labute approximate surface area is 147 Å². The molecule has 0 radical (unpaired) electrons. The van der Waals surface area contributed by atoms with Crippen molar-refractivity contribution >= 4 is 16.9 Å². The van der Waals surface area contributed by atoms with Crippen LogP contribution < -0.4 is 5.73 Å². The maximum Gasteiger partial charge on any atom is 0.102 e. The van der Waals surface area contributed by atoms with Gasteiger partial charge in [-0.15, -0.1) is 11.3 Å². The molecule has 3 nitrogen and oxygen atoms in total. The van der Waals surface area contributed by atoms with Crippen LogP contribution in [-0.4, -0.2) is 0 Å². The van der Waals surface area contributed by atoms with E-state index < -0.39 is 0 Å². The molecule has 1 atom stereocenters. The van der Waals surface area contributed by atoms with E-state index in [1.165, 1.54) is 17.7 Å². The first kappa shape index (κ1) is 16.6. The van der Waals surface area contributed by atoms with Crippen molar-refractivity contribution < 1.29 is 0 Å². The Morgan fingerprint density at radius 2 is 2.04 bits per heavy atom. The summed E-state index contributed by atoms with van der Waals surface area (Å²) in [5, 5.41) is 19.2. The Hall–Kier alpha value is -2.30. The monoisotopic (exact) mass is 335 g/mol. The number of rotatable bonds is 4. The highest BCUT2D eigenvalue weighted by molar-refractivity contribution is 7.13. The third kappa shape index (κ3) is 2.79. The van der Waals surface area contributed by atoms with Gasteiger partial charge in [0.2, 0.25) is 0 Å². The van der Waals surface area contributed by atoms with E-state index in [0.717, 1.165) is 41.7 Å². The predicted octanol–water partition coefficient (Wildman–Crippen LogP) is 4.84. The van der Waals surface area contributed by atoms with Crippen molar-refractivity contribution in [1.82, 2.24) is 0 Å². The molecule has 0 amide bonds. The summed E-state index contributed by atoms with van der Waals surface area (Å²) in [5.74, 6) is 0.132. The van der Waals surface area contributed by atoms with Gasteiger partial charge in [0.05, 0.1) is 16.8 Å². The van der Waals surface area contributed by atoms with Gasteiger partial charge in [0.15, 0.2) is 0 Å².